The average Bonchev–Trinajstić information content (AvgIpc) is 3.17. The van der Waals surface area contributed by atoms with Crippen LogP contribution in [0.4, 0.5) is 9.52 Å². The van der Waals surface area contributed by atoms with Crippen molar-refractivity contribution in [2.75, 3.05) is 4.90 Å². The van der Waals surface area contributed by atoms with Crippen molar-refractivity contribution in [2.45, 2.75) is 26.3 Å². The Hall–Kier alpha value is -3.05. The SMILES string of the molecule is CCc1ccc2nc(N(Cc3ccccc3)C(=O)Cc3ccc(F)cc3)sc2c1. The summed E-state index contributed by atoms with van der Waals surface area (Å²) in [6.45, 7) is 2.57. The minimum absolute atomic E-state index is 0.0600. The van der Waals surface area contributed by atoms with Crippen molar-refractivity contribution >= 4 is 32.6 Å². The van der Waals surface area contributed by atoms with Gasteiger partial charge in [-0.2, -0.15) is 0 Å². The van der Waals surface area contributed by atoms with Gasteiger partial charge < -0.3 is 0 Å². The van der Waals surface area contributed by atoms with Crippen LogP contribution in [0.25, 0.3) is 10.2 Å². The highest BCUT2D eigenvalue weighted by atomic mass is 32.1. The summed E-state index contributed by atoms with van der Waals surface area (Å²) in [5, 5.41) is 0.684. The van der Waals surface area contributed by atoms with Crippen molar-refractivity contribution in [1.29, 1.82) is 0 Å². The van der Waals surface area contributed by atoms with Crippen molar-refractivity contribution in [3.63, 3.8) is 0 Å². The molecule has 1 aromatic heterocycles. The third kappa shape index (κ3) is 4.51. The Morgan fingerprint density at radius 2 is 1.69 bits per heavy atom. The molecule has 0 aliphatic carbocycles. The van der Waals surface area contributed by atoms with Gasteiger partial charge in [0.05, 0.1) is 23.2 Å². The van der Waals surface area contributed by atoms with Crippen molar-refractivity contribution < 1.29 is 9.18 Å². The molecule has 3 nitrogen and oxygen atoms in total. The van der Waals surface area contributed by atoms with Gasteiger partial charge >= 0.3 is 0 Å². The molecule has 0 aliphatic heterocycles. The molecule has 0 saturated heterocycles. The van der Waals surface area contributed by atoms with Crippen molar-refractivity contribution in [3.8, 4) is 0 Å². The predicted octanol–water partition coefficient (Wildman–Crippen LogP) is 5.77. The van der Waals surface area contributed by atoms with Crippen molar-refractivity contribution in [3.05, 3.63) is 95.3 Å². The Balaban J connectivity index is 1.67. The van der Waals surface area contributed by atoms with Crippen LogP contribution in [0.1, 0.15) is 23.6 Å². The molecule has 4 rings (SSSR count). The van der Waals surface area contributed by atoms with E-state index in [4.69, 9.17) is 4.98 Å². The molecule has 0 spiro atoms. The molecule has 3 aromatic carbocycles. The molecule has 4 aromatic rings. The van der Waals surface area contributed by atoms with E-state index < -0.39 is 0 Å². The Morgan fingerprint density at radius 1 is 0.966 bits per heavy atom. The summed E-state index contributed by atoms with van der Waals surface area (Å²) in [5.74, 6) is -0.365. The molecule has 0 saturated carbocycles. The van der Waals surface area contributed by atoms with Gasteiger partial charge in [-0.1, -0.05) is 66.8 Å². The first-order valence-electron chi connectivity index (χ1n) is 9.60. The molecule has 146 valence electrons. The second-order valence-corrected chi connectivity index (χ2v) is 7.93. The van der Waals surface area contributed by atoms with Gasteiger partial charge in [-0.3, -0.25) is 9.69 Å². The Labute approximate surface area is 173 Å². The molecule has 0 atom stereocenters. The number of anilines is 1. The summed E-state index contributed by atoms with van der Waals surface area (Å²) in [6.07, 6.45) is 1.16. The first-order valence-corrected chi connectivity index (χ1v) is 10.4. The molecule has 0 unspecified atom stereocenters. The number of carbonyl (C=O) groups is 1. The Morgan fingerprint density at radius 3 is 2.41 bits per heavy atom. The average molecular weight is 405 g/mol. The number of aryl methyl sites for hydroxylation is 1. The molecule has 1 amide bonds. The van der Waals surface area contributed by atoms with E-state index in [1.165, 1.54) is 29.0 Å². The van der Waals surface area contributed by atoms with E-state index in [9.17, 15) is 9.18 Å². The van der Waals surface area contributed by atoms with Gasteiger partial charge in [-0.25, -0.2) is 9.37 Å². The van der Waals surface area contributed by atoms with Crippen LogP contribution in [-0.2, 0) is 24.2 Å². The van der Waals surface area contributed by atoms with Crippen LogP contribution < -0.4 is 4.90 Å². The highest BCUT2D eigenvalue weighted by Gasteiger charge is 2.20. The lowest BCUT2D eigenvalue weighted by Crippen LogP contribution is -2.31. The number of aromatic nitrogens is 1. The maximum atomic E-state index is 13.2. The zero-order chi connectivity index (χ0) is 20.2. The summed E-state index contributed by atoms with van der Waals surface area (Å²) in [6, 6.07) is 22.2. The van der Waals surface area contributed by atoms with Crippen LogP contribution in [0.3, 0.4) is 0 Å². The van der Waals surface area contributed by atoms with Crippen molar-refractivity contribution in [2.24, 2.45) is 0 Å². The molecule has 1 heterocycles. The second kappa shape index (κ2) is 8.53. The lowest BCUT2D eigenvalue weighted by molar-refractivity contribution is -0.118. The van der Waals surface area contributed by atoms with E-state index in [2.05, 4.69) is 19.1 Å². The van der Waals surface area contributed by atoms with E-state index in [1.54, 1.807) is 17.0 Å². The van der Waals surface area contributed by atoms with Crippen LogP contribution in [0, 0.1) is 5.82 Å². The standard InChI is InChI=1S/C24H21FN2OS/c1-2-17-10-13-21-22(14-17)29-24(26-21)27(16-19-6-4-3-5-7-19)23(28)15-18-8-11-20(25)12-9-18/h3-14H,2,15-16H2,1H3. The van der Waals surface area contributed by atoms with E-state index in [0.717, 1.165) is 27.8 Å². The van der Waals surface area contributed by atoms with Gasteiger partial charge in [-0.05, 0) is 47.4 Å². The Kier molecular flexibility index (Phi) is 5.67. The molecule has 29 heavy (non-hydrogen) atoms. The van der Waals surface area contributed by atoms with E-state index in [1.807, 2.05) is 36.4 Å². The topological polar surface area (TPSA) is 33.2 Å². The zero-order valence-corrected chi connectivity index (χ0v) is 17.0. The first-order chi connectivity index (χ1) is 14.1. The smallest absolute Gasteiger partial charge is 0.233 e. The van der Waals surface area contributed by atoms with Crippen LogP contribution in [0.2, 0.25) is 0 Å². The van der Waals surface area contributed by atoms with Gasteiger partial charge in [0, 0.05) is 0 Å². The summed E-state index contributed by atoms with van der Waals surface area (Å²) in [5.41, 5.74) is 3.96. The largest absolute Gasteiger partial charge is 0.283 e. The van der Waals surface area contributed by atoms with Crippen LogP contribution in [0.15, 0.2) is 72.8 Å². The fraction of sp³-hybridized carbons (Fsp3) is 0.167. The minimum atomic E-state index is -0.305. The first kappa shape index (κ1) is 19.3. The number of thiazole rings is 1. The van der Waals surface area contributed by atoms with Crippen LogP contribution in [0.5, 0.6) is 0 Å². The number of benzene rings is 3. The summed E-state index contributed by atoms with van der Waals surface area (Å²) >= 11 is 1.53. The fourth-order valence-electron chi connectivity index (χ4n) is 3.19. The van der Waals surface area contributed by atoms with E-state index in [-0.39, 0.29) is 18.1 Å². The highest BCUT2D eigenvalue weighted by molar-refractivity contribution is 7.22. The monoisotopic (exact) mass is 404 g/mol. The van der Waals surface area contributed by atoms with E-state index >= 15 is 0 Å². The molecule has 0 N–H and O–H groups in total. The quantitative estimate of drug-likeness (QED) is 0.408. The summed E-state index contributed by atoms with van der Waals surface area (Å²) < 4.78 is 14.3. The number of hydrogen-bond donors (Lipinski definition) is 0. The Bertz CT molecular complexity index is 1120. The third-order valence-corrected chi connectivity index (χ3v) is 5.88. The lowest BCUT2D eigenvalue weighted by Gasteiger charge is -2.20. The van der Waals surface area contributed by atoms with Gasteiger partial charge in [0.25, 0.3) is 0 Å². The summed E-state index contributed by atoms with van der Waals surface area (Å²) in [4.78, 5) is 19.7. The molecular weight excluding hydrogens is 383 g/mol. The third-order valence-electron chi connectivity index (χ3n) is 4.83. The molecule has 0 aliphatic rings. The molecule has 0 bridgehead atoms. The van der Waals surface area contributed by atoms with Gasteiger partial charge in [0.15, 0.2) is 5.13 Å². The van der Waals surface area contributed by atoms with Crippen LogP contribution >= 0.6 is 11.3 Å². The van der Waals surface area contributed by atoms with Gasteiger partial charge in [-0.15, -0.1) is 0 Å². The molecule has 0 fully saturated rings. The zero-order valence-electron chi connectivity index (χ0n) is 16.1. The maximum Gasteiger partial charge on any atom is 0.233 e. The number of nitrogens with zero attached hydrogens (tertiary/aromatic N) is 2. The summed E-state index contributed by atoms with van der Waals surface area (Å²) in [7, 11) is 0. The molecule has 5 heteroatoms. The van der Waals surface area contributed by atoms with Crippen LogP contribution in [-0.4, -0.2) is 10.9 Å². The van der Waals surface area contributed by atoms with Gasteiger partial charge in [0.1, 0.15) is 5.82 Å². The second-order valence-electron chi connectivity index (χ2n) is 6.92. The van der Waals surface area contributed by atoms with Crippen molar-refractivity contribution in [1.82, 2.24) is 4.98 Å². The molecular formula is C24H21FN2OS. The number of fused-ring (bicyclic) bond motifs is 1. The lowest BCUT2D eigenvalue weighted by atomic mass is 10.1. The molecule has 0 radical (unpaired) electrons. The number of amides is 1. The minimum Gasteiger partial charge on any atom is -0.283 e. The fourth-order valence-corrected chi connectivity index (χ4v) is 4.24. The number of carbonyl (C=O) groups excluding carboxylic acids is 1. The highest BCUT2D eigenvalue weighted by Crippen LogP contribution is 2.31. The number of rotatable bonds is 6. The number of halogens is 1. The predicted molar refractivity (Wildman–Crippen MR) is 117 cm³/mol. The van der Waals surface area contributed by atoms with E-state index in [0.29, 0.717) is 11.7 Å². The van der Waals surface area contributed by atoms with Gasteiger partial charge in [0.2, 0.25) is 5.91 Å². The maximum absolute atomic E-state index is 13.2. The number of hydrogen-bond acceptors (Lipinski definition) is 3. The normalized spacial score (nSPS) is 11.0.